The molecule has 5 heteroatoms. The molecule has 1 fully saturated rings. The zero-order valence-corrected chi connectivity index (χ0v) is 16.0. The lowest BCUT2D eigenvalue weighted by atomic mass is 9.83. The van der Waals surface area contributed by atoms with Crippen LogP contribution in [0.25, 0.3) is 0 Å². The number of carbonyl (C=O) groups excluding carboxylic acids is 1. The molecule has 4 nitrogen and oxygen atoms in total. The fourth-order valence-corrected chi connectivity index (χ4v) is 3.95. The minimum Gasteiger partial charge on any atom is -0.497 e. The summed E-state index contributed by atoms with van der Waals surface area (Å²) in [6, 6.07) is 5.05. The second kappa shape index (κ2) is 7.29. The molecule has 1 aromatic rings. The molecule has 0 saturated carbocycles. The maximum absolute atomic E-state index is 13.8. The van der Waals surface area contributed by atoms with Crippen molar-refractivity contribution in [3.05, 3.63) is 41.2 Å². The number of ether oxygens (including phenoxy) is 2. The van der Waals surface area contributed by atoms with Crippen LogP contribution in [0.3, 0.4) is 0 Å². The van der Waals surface area contributed by atoms with Crippen molar-refractivity contribution >= 4 is 6.09 Å². The standard InChI is InChI=1S/C21H28FNO3/c1-21(2,3)26-20(24)23-17-6-5-7-18(23)11-15(10-17)8-14-9-16(22)13-19(12-14)25-4/h9-10,12-13,17-18H,5-8,11H2,1-4H3. The number of rotatable bonds is 3. The molecule has 0 aliphatic carbocycles. The van der Waals surface area contributed by atoms with E-state index in [1.165, 1.54) is 11.6 Å². The summed E-state index contributed by atoms with van der Waals surface area (Å²) >= 11 is 0. The Morgan fingerprint density at radius 1 is 1.27 bits per heavy atom. The molecule has 2 unspecified atom stereocenters. The minimum atomic E-state index is -0.493. The second-order valence-corrected chi connectivity index (χ2v) is 8.24. The number of nitrogens with zero attached hydrogens (tertiary/aromatic N) is 1. The third-order valence-corrected chi connectivity index (χ3v) is 4.92. The van der Waals surface area contributed by atoms with Crippen molar-refractivity contribution in [1.82, 2.24) is 4.90 Å². The van der Waals surface area contributed by atoms with Gasteiger partial charge >= 0.3 is 6.09 Å². The van der Waals surface area contributed by atoms with Crippen molar-refractivity contribution in [3.63, 3.8) is 0 Å². The van der Waals surface area contributed by atoms with E-state index in [1.807, 2.05) is 31.7 Å². The molecule has 1 amide bonds. The van der Waals surface area contributed by atoms with Gasteiger partial charge < -0.3 is 9.47 Å². The summed E-state index contributed by atoms with van der Waals surface area (Å²) in [5.74, 6) is 0.248. The van der Waals surface area contributed by atoms with Crippen molar-refractivity contribution in [2.24, 2.45) is 0 Å². The van der Waals surface area contributed by atoms with E-state index >= 15 is 0 Å². The van der Waals surface area contributed by atoms with Gasteiger partial charge in [-0.15, -0.1) is 0 Å². The summed E-state index contributed by atoms with van der Waals surface area (Å²) in [4.78, 5) is 14.5. The van der Waals surface area contributed by atoms with Gasteiger partial charge in [-0.05, 0) is 70.6 Å². The lowest BCUT2D eigenvalue weighted by molar-refractivity contribution is -0.00149. The van der Waals surface area contributed by atoms with Crippen molar-refractivity contribution < 1.29 is 18.7 Å². The van der Waals surface area contributed by atoms with E-state index in [2.05, 4.69) is 6.08 Å². The van der Waals surface area contributed by atoms with Gasteiger partial charge in [0.05, 0.1) is 13.2 Å². The predicted molar refractivity (Wildman–Crippen MR) is 98.9 cm³/mol. The Labute approximate surface area is 155 Å². The van der Waals surface area contributed by atoms with Crippen LogP contribution < -0.4 is 4.74 Å². The number of halogens is 1. The van der Waals surface area contributed by atoms with Crippen molar-refractivity contribution in [3.8, 4) is 5.75 Å². The number of hydrogen-bond donors (Lipinski definition) is 0. The van der Waals surface area contributed by atoms with E-state index < -0.39 is 5.60 Å². The Morgan fingerprint density at radius 2 is 2.04 bits per heavy atom. The highest BCUT2D eigenvalue weighted by molar-refractivity contribution is 5.70. The number of piperidine rings is 1. The molecule has 2 aliphatic rings. The zero-order valence-electron chi connectivity index (χ0n) is 16.0. The molecule has 0 aromatic heterocycles. The van der Waals surface area contributed by atoms with Crippen LogP contribution in [-0.2, 0) is 11.2 Å². The molecular weight excluding hydrogens is 333 g/mol. The van der Waals surface area contributed by atoms with Gasteiger partial charge in [0.25, 0.3) is 0 Å². The highest BCUT2D eigenvalue weighted by Gasteiger charge is 2.39. The number of carbonyl (C=O) groups is 1. The highest BCUT2D eigenvalue weighted by atomic mass is 19.1. The SMILES string of the molecule is COc1cc(F)cc(CC2=CC3CCCC(C2)N3C(=O)OC(C)(C)C)c1. The van der Waals surface area contributed by atoms with Crippen molar-refractivity contribution in [2.75, 3.05) is 7.11 Å². The Bertz CT molecular complexity index is 708. The average Bonchev–Trinajstić information content (AvgIpc) is 2.51. The summed E-state index contributed by atoms with van der Waals surface area (Å²) < 4.78 is 24.5. The average molecular weight is 361 g/mol. The van der Waals surface area contributed by atoms with Crippen LogP contribution in [0.15, 0.2) is 29.8 Å². The number of methoxy groups -OCH3 is 1. The van der Waals surface area contributed by atoms with Gasteiger partial charge in [0.15, 0.2) is 0 Å². The van der Waals surface area contributed by atoms with E-state index in [4.69, 9.17) is 9.47 Å². The predicted octanol–water partition coefficient (Wildman–Crippen LogP) is 4.87. The Morgan fingerprint density at radius 3 is 2.69 bits per heavy atom. The Balaban J connectivity index is 1.78. The maximum atomic E-state index is 13.8. The van der Waals surface area contributed by atoms with Crippen LogP contribution in [-0.4, -0.2) is 35.8 Å². The van der Waals surface area contributed by atoms with Crippen LogP contribution in [0, 0.1) is 5.82 Å². The summed E-state index contributed by atoms with van der Waals surface area (Å²) in [6.45, 7) is 5.68. The third-order valence-electron chi connectivity index (χ3n) is 4.92. The van der Waals surface area contributed by atoms with Crippen molar-refractivity contribution in [1.29, 1.82) is 0 Å². The third kappa shape index (κ3) is 4.37. The Hall–Kier alpha value is -2.04. The second-order valence-electron chi connectivity index (χ2n) is 8.24. The molecule has 142 valence electrons. The molecule has 1 saturated heterocycles. The molecule has 0 radical (unpaired) electrons. The number of hydrogen-bond acceptors (Lipinski definition) is 3. The van der Waals surface area contributed by atoms with E-state index in [9.17, 15) is 9.18 Å². The van der Waals surface area contributed by atoms with Crippen LogP contribution in [0.4, 0.5) is 9.18 Å². The first-order valence-electron chi connectivity index (χ1n) is 9.29. The summed E-state index contributed by atoms with van der Waals surface area (Å²) in [5, 5.41) is 0. The molecule has 2 heterocycles. The van der Waals surface area contributed by atoms with Crippen LogP contribution in [0.2, 0.25) is 0 Å². The molecule has 3 rings (SSSR count). The molecule has 2 bridgehead atoms. The number of fused-ring (bicyclic) bond motifs is 2. The van der Waals surface area contributed by atoms with Crippen LogP contribution >= 0.6 is 0 Å². The zero-order chi connectivity index (χ0) is 18.9. The van der Waals surface area contributed by atoms with Gasteiger partial charge in [0.1, 0.15) is 17.2 Å². The van der Waals surface area contributed by atoms with Crippen molar-refractivity contribution in [2.45, 2.75) is 70.6 Å². The minimum absolute atomic E-state index is 0.0720. The highest BCUT2D eigenvalue weighted by Crippen LogP contribution is 2.35. The summed E-state index contributed by atoms with van der Waals surface area (Å²) in [6.07, 6.45) is 6.50. The topological polar surface area (TPSA) is 38.8 Å². The molecule has 26 heavy (non-hydrogen) atoms. The molecule has 2 aliphatic heterocycles. The van der Waals surface area contributed by atoms with Gasteiger partial charge in [0, 0.05) is 12.1 Å². The van der Waals surface area contributed by atoms with Gasteiger partial charge in [0.2, 0.25) is 0 Å². The fraction of sp³-hybridized carbons (Fsp3) is 0.571. The quantitative estimate of drug-likeness (QED) is 0.721. The van der Waals surface area contributed by atoms with Crippen LogP contribution in [0.1, 0.15) is 52.0 Å². The van der Waals surface area contributed by atoms with Gasteiger partial charge in [-0.3, -0.25) is 4.90 Å². The summed E-state index contributed by atoms with van der Waals surface area (Å²) in [5.41, 5.74) is 1.66. The molecule has 1 aromatic carbocycles. The van der Waals surface area contributed by atoms with E-state index in [1.54, 1.807) is 13.2 Å². The van der Waals surface area contributed by atoms with Gasteiger partial charge in [-0.25, -0.2) is 9.18 Å². The lowest BCUT2D eigenvalue weighted by Crippen LogP contribution is -2.53. The smallest absolute Gasteiger partial charge is 0.411 e. The van der Waals surface area contributed by atoms with Crippen LogP contribution in [0.5, 0.6) is 5.75 Å². The molecule has 0 N–H and O–H groups in total. The Kier molecular flexibility index (Phi) is 5.26. The summed E-state index contributed by atoms with van der Waals surface area (Å²) in [7, 11) is 1.54. The molecule has 2 atom stereocenters. The molecular formula is C21H28FNO3. The monoisotopic (exact) mass is 361 g/mol. The first-order valence-corrected chi connectivity index (χ1v) is 9.29. The first-order chi connectivity index (χ1) is 12.2. The van der Waals surface area contributed by atoms with E-state index in [0.29, 0.717) is 12.2 Å². The number of benzene rings is 1. The molecule has 0 spiro atoms. The van der Waals surface area contributed by atoms with Gasteiger partial charge in [-0.1, -0.05) is 11.6 Å². The largest absolute Gasteiger partial charge is 0.497 e. The number of amides is 1. The first kappa shape index (κ1) is 18.7. The van der Waals surface area contributed by atoms with Gasteiger partial charge in [-0.2, -0.15) is 0 Å². The fourth-order valence-electron chi connectivity index (χ4n) is 3.95. The lowest BCUT2D eigenvalue weighted by Gasteiger charge is -2.45. The maximum Gasteiger partial charge on any atom is 0.411 e. The normalized spacial score (nSPS) is 22.7. The van der Waals surface area contributed by atoms with E-state index in [-0.39, 0.29) is 24.0 Å². The van der Waals surface area contributed by atoms with E-state index in [0.717, 1.165) is 31.2 Å².